The molecule has 0 saturated carbocycles. The summed E-state index contributed by atoms with van der Waals surface area (Å²) < 4.78 is 0. The first kappa shape index (κ1) is 29.9. The highest BCUT2D eigenvalue weighted by molar-refractivity contribution is 8.77. The van der Waals surface area contributed by atoms with Gasteiger partial charge < -0.3 is 15.5 Å². The van der Waals surface area contributed by atoms with Gasteiger partial charge in [-0.2, -0.15) is 0 Å². The molecule has 0 spiro atoms. The Morgan fingerprint density at radius 1 is 0.889 bits per heavy atom. The number of carbonyl (C=O) groups is 4. The quantitative estimate of drug-likeness (QED) is 0.152. The maximum absolute atomic E-state index is 13.0. The summed E-state index contributed by atoms with van der Waals surface area (Å²) in [7, 11) is 5.85. The van der Waals surface area contributed by atoms with Crippen LogP contribution >= 0.6 is 43.2 Å². The molecule has 14 heteroatoms. The fourth-order valence-corrected chi connectivity index (χ4v) is 6.77. The van der Waals surface area contributed by atoms with Gasteiger partial charge in [0.2, 0.25) is 11.8 Å². The standard InChI is InChI=1S/C22H28N4O6S4/c27-19(9-15-33-35-17-5-1-3-11-23-17)25(13-7-21(29)30)26(14-8-22(31)32)20(28)10-16-34-36-18-6-2-4-12-24-18/h1-6,11-12,17,23H,7-10,13-16H2,(H,29,30)(H,31,32). The van der Waals surface area contributed by atoms with E-state index in [4.69, 9.17) is 10.2 Å². The summed E-state index contributed by atoms with van der Waals surface area (Å²) in [4.78, 5) is 52.6. The number of aromatic nitrogens is 1. The van der Waals surface area contributed by atoms with Gasteiger partial charge in [-0.1, -0.05) is 50.6 Å². The number of carboxylic acids is 2. The summed E-state index contributed by atoms with van der Waals surface area (Å²) in [6.45, 7) is -0.437. The van der Waals surface area contributed by atoms with E-state index < -0.39 is 23.8 Å². The fraction of sp³-hybridized carbons (Fsp3) is 0.409. The second-order valence-corrected chi connectivity index (χ2v) is 12.2. The number of nitrogens with zero attached hydrogens (tertiary/aromatic N) is 3. The van der Waals surface area contributed by atoms with E-state index in [-0.39, 0.29) is 44.1 Å². The zero-order valence-corrected chi connectivity index (χ0v) is 22.6. The zero-order valence-electron chi connectivity index (χ0n) is 19.4. The average Bonchev–Trinajstić information content (AvgIpc) is 2.87. The number of hydrazine groups is 1. The van der Waals surface area contributed by atoms with Crippen LogP contribution < -0.4 is 5.32 Å². The van der Waals surface area contributed by atoms with Crippen molar-refractivity contribution in [2.45, 2.75) is 36.1 Å². The highest BCUT2D eigenvalue weighted by Crippen LogP contribution is 2.30. The molecule has 0 fully saturated rings. The molecule has 3 N–H and O–H groups in total. The number of pyridine rings is 1. The molecule has 2 rings (SSSR count). The van der Waals surface area contributed by atoms with Gasteiger partial charge in [0.25, 0.3) is 0 Å². The smallest absolute Gasteiger partial charge is 0.305 e. The van der Waals surface area contributed by atoms with E-state index in [2.05, 4.69) is 10.3 Å². The predicted molar refractivity (Wildman–Crippen MR) is 145 cm³/mol. The molecular formula is C22H28N4O6S4. The van der Waals surface area contributed by atoms with E-state index in [0.29, 0.717) is 11.5 Å². The number of nitrogens with one attached hydrogen (secondary N) is 1. The van der Waals surface area contributed by atoms with E-state index in [1.807, 2.05) is 36.6 Å². The fourth-order valence-electron chi connectivity index (χ4n) is 2.79. The van der Waals surface area contributed by atoms with Crippen molar-refractivity contribution >= 4 is 66.9 Å². The van der Waals surface area contributed by atoms with Crippen molar-refractivity contribution in [3.8, 4) is 0 Å². The molecule has 2 heterocycles. The van der Waals surface area contributed by atoms with Crippen LogP contribution in [0.2, 0.25) is 0 Å². The van der Waals surface area contributed by atoms with Crippen LogP contribution in [0, 0.1) is 0 Å². The summed E-state index contributed by atoms with van der Waals surface area (Å²) in [6.07, 6.45) is 8.68. The van der Waals surface area contributed by atoms with E-state index >= 15 is 0 Å². The maximum Gasteiger partial charge on any atom is 0.305 e. The van der Waals surface area contributed by atoms with Crippen LogP contribution in [0.5, 0.6) is 0 Å². The molecule has 1 aromatic rings. The molecule has 1 atom stereocenters. The molecule has 0 aliphatic carbocycles. The van der Waals surface area contributed by atoms with Gasteiger partial charge in [-0.05, 0) is 35.2 Å². The third-order valence-electron chi connectivity index (χ3n) is 4.45. The molecule has 10 nitrogen and oxygen atoms in total. The predicted octanol–water partition coefficient (Wildman–Crippen LogP) is 3.50. The highest BCUT2D eigenvalue weighted by atomic mass is 33.1. The van der Waals surface area contributed by atoms with Crippen LogP contribution in [0.4, 0.5) is 0 Å². The first-order chi connectivity index (χ1) is 17.4. The van der Waals surface area contributed by atoms with Crippen molar-refractivity contribution in [3.63, 3.8) is 0 Å². The summed E-state index contributed by atoms with van der Waals surface area (Å²) in [5, 5.41) is 24.5. The molecule has 36 heavy (non-hydrogen) atoms. The Labute approximate surface area is 225 Å². The maximum atomic E-state index is 13.0. The van der Waals surface area contributed by atoms with Gasteiger partial charge in [0.15, 0.2) is 0 Å². The number of aliphatic carboxylic acids is 2. The van der Waals surface area contributed by atoms with Gasteiger partial charge in [0.1, 0.15) is 10.4 Å². The van der Waals surface area contributed by atoms with E-state index in [9.17, 15) is 19.2 Å². The van der Waals surface area contributed by atoms with Crippen molar-refractivity contribution in [3.05, 3.63) is 48.8 Å². The second kappa shape index (κ2) is 17.2. The minimum Gasteiger partial charge on any atom is -0.481 e. The van der Waals surface area contributed by atoms with Crippen molar-refractivity contribution < 1.29 is 29.4 Å². The topological polar surface area (TPSA) is 140 Å². The van der Waals surface area contributed by atoms with E-state index in [1.165, 1.54) is 32.4 Å². The summed E-state index contributed by atoms with van der Waals surface area (Å²) in [5.74, 6) is -2.24. The van der Waals surface area contributed by atoms with Gasteiger partial charge in [-0.15, -0.1) is 0 Å². The van der Waals surface area contributed by atoms with Crippen molar-refractivity contribution in [1.82, 2.24) is 20.3 Å². The van der Waals surface area contributed by atoms with Gasteiger partial charge in [0, 0.05) is 30.5 Å². The van der Waals surface area contributed by atoms with Crippen LogP contribution in [-0.4, -0.2) is 78.9 Å². The lowest BCUT2D eigenvalue weighted by atomic mass is 10.3. The Morgan fingerprint density at radius 2 is 1.53 bits per heavy atom. The lowest BCUT2D eigenvalue weighted by Crippen LogP contribution is -2.51. The third-order valence-corrected chi connectivity index (χ3v) is 9.25. The van der Waals surface area contributed by atoms with Crippen molar-refractivity contribution in [1.29, 1.82) is 0 Å². The molecule has 1 aromatic heterocycles. The largest absolute Gasteiger partial charge is 0.481 e. The number of allylic oxidation sites excluding steroid dienone is 2. The number of carbonyl (C=O) groups excluding carboxylic acids is 2. The van der Waals surface area contributed by atoms with Gasteiger partial charge in [-0.25, -0.2) is 4.98 Å². The van der Waals surface area contributed by atoms with Gasteiger partial charge in [-0.3, -0.25) is 29.2 Å². The molecule has 1 aliphatic rings. The number of dihydropyridines is 1. The minimum atomic E-state index is -1.12. The normalized spacial score (nSPS) is 14.2. The first-order valence-electron chi connectivity index (χ1n) is 11.0. The van der Waals surface area contributed by atoms with Crippen molar-refractivity contribution in [2.75, 3.05) is 24.6 Å². The van der Waals surface area contributed by atoms with Gasteiger partial charge in [0.05, 0.1) is 25.9 Å². The summed E-state index contributed by atoms with van der Waals surface area (Å²) in [5.41, 5.74) is 0. The van der Waals surface area contributed by atoms with Gasteiger partial charge >= 0.3 is 11.9 Å². The number of rotatable bonds is 16. The Hall–Kier alpha value is -2.29. The number of amides is 2. The number of carboxylic acid groups (broad SMARTS) is 2. The number of hydrogen-bond donors (Lipinski definition) is 3. The molecule has 196 valence electrons. The first-order valence-corrected chi connectivity index (χ1v) is 15.7. The molecule has 0 aromatic carbocycles. The molecule has 0 radical (unpaired) electrons. The number of hydrogen-bond acceptors (Lipinski definition) is 10. The summed E-state index contributed by atoms with van der Waals surface area (Å²) >= 11 is 0. The molecule has 0 saturated heterocycles. The highest BCUT2D eigenvalue weighted by Gasteiger charge is 2.27. The Bertz CT molecular complexity index is 934. The van der Waals surface area contributed by atoms with Crippen LogP contribution in [0.3, 0.4) is 0 Å². The second-order valence-electron chi connectivity index (χ2n) is 7.14. The third kappa shape index (κ3) is 12.1. The zero-order chi connectivity index (χ0) is 26.2. The molecular weight excluding hydrogens is 545 g/mol. The van der Waals surface area contributed by atoms with Crippen LogP contribution in [-0.2, 0) is 19.2 Å². The Morgan fingerprint density at radius 3 is 2.06 bits per heavy atom. The lowest BCUT2D eigenvalue weighted by Gasteiger charge is -2.34. The Balaban J connectivity index is 1.95. The van der Waals surface area contributed by atoms with Crippen LogP contribution in [0.15, 0.2) is 53.8 Å². The van der Waals surface area contributed by atoms with Crippen LogP contribution in [0.25, 0.3) is 0 Å². The SMILES string of the molecule is O=C(O)CCN(C(=O)CCSSc1ccccn1)N(CCC(=O)O)C(=O)CCSSC1C=CC=CN1. The lowest BCUT2D eigenvalue weighted by molar-refractivity contribution is -0.166. The molecule has 1 aliphatic heterocycles. The molecule has 2 amide bonds. The van der Waals surface area contributed by atoms with Crippen LogP contribution in [0.1, 0.15) is 25.7 Å². The molecule has 0 bridgehead atoms. The monoisotopic (exact) mass is 572 g/mol. The minimum absolute atomic E-state index is 0.0543. The van der Waals surface area contributed by atoms with E-state index in [0.717, 1.165) is 15.0 Å². The average molecular weight is 573 g/mol. The van der Waals surface area contributed by atoms with E-state index in [1.54, 1.807) is 23.1 Å². The molecule has 1 unspecified atom stereocenters. The van der Waals surface area contributed by atoms with Crippen molar-refractivity contribution in [2.24, 2.45) is 0 Å². The summed E-state index contributed by atoms with van der Waals surface area (Å²) in [6, 6.07) is 5.51. The Kier molecular flexibility index (Phi) is 14.3.